The van der Waals surface area contributed by atoms with Crippen molar-refractivity contribution in [1.29, 1.82) is 0 Å². The summed E-state index contributed by atoms with van der Waals surface area (Å²) in [7, 11) is 0. The molecule has 2 aliphatic rings. The second-order valence-corrected chi connectivity index (χ2v) is 7.67. The maximum Gasteiger partial charge on any atom is 0.182 e. The van der Waals surface area contributed by atoms with Crippen LogP contribution in [0.2, 0.25) is 5.02 Å². The number of aromatic nitrogens is 3. The summed E-state index contributed by atoms with van der Waals surface area (Å²) in [5.41, 5.74) is 3.22. The summed E-state index contributed by atoms with van der Waals surface area (Å²) in [6.45, 7) is 2.01. The highest BCUT2D eigenvalue weighted by molar-refractivity contribution is 9.09. The zero-order valence-corrected chi connectivity index (χ0v) is 15.0. The summed E-state index contributed by atoms with van der Waals surface area (Å²) in [5, 5.41) is 9.54. The molecule has 1 aliphatic heterocycles. The highest BCUT2D eigenvalue weighted by atomic mass is 79.9. The second-order valence-electron chi connectivity index (χ2n) is 5.97. The predicted octanol–water partition coefficient (Wildman–Crippen LogP) is 4.11. The molecule has 23 heavy (non-hydrogen) atoms. The zero-order valence-electron chi connectivity index (χ0n) is 12.7. The summed E-state index contributed by atoms with van der Waals surface area (Å²) in [5.74, 6) is 1.77. The number of hydrogen-bond acceptors (Lipinski definition) is 3. The predicted molar refractivity (Wildman–Crippen MR) is 96.5 cm³/mol. The Morgan fingerprint density at radius 2 is 2.13 bits per heavy atom. The van der Waals surface area contributed by atoms with E-state index in [-0.39, 0.29) is 6.04 Å². The van der Waals surface area contributed by atoms with E-state index in [0.717, 1.165) is 40.8 Å². The molecule has 2 heterocycles. The molecule has 0 bridgehead atoms. The quantitative estimate of drug-likeness (QED) is 0.723. The first kappa shape index (κ1) is 15.1. The lowest BCUT2D eigenvalue weighted by atomic mass is 9.97. The molecule has 4 nitrogen and oxygen atoms in total. The number of aliphatic imine (C=N–C) groups is 1. The van der Waals surface area contributed by atoms with Crippen molar-refractivity contribution in [2.45, 2.75) is 37.1 Å². The van der Waals surface area contributed by atoms with E-state index in [0.29, 0.717) is 11.2 Å². The van der Waals surface area contributed by atoms with E-state index in [1.807, 2.05) is 31.2 Å². The molecule has 0 saturated heterocycles. The first-order valence-corrected chi connectivity index (χ1v) is 9.00. The van der Waals surface area contributed by atoms with E-state index in [2.05, 4.69) is 36.8 Å². The van der Waals surface area contributed by atoms with E-state index in [4.69, 9.17) is 16.6 Å². The van der Waals surface area contributed by atoms with Gasteiger partial charge in [0.2, 0.25) is 0 Å². The molecule has 0 spiro atoms. The zero-order chi connectivity index (χ0) is 16.0. The Morgan fingerprint density at radius 3 is 2.96 bits per heavy atom. The molecule has 2 unspecified atom stereocenters. The van der Waals surface area contributed by atoms with Crippen LogP contribution in [0.4, 0.5) is 0 Å². The summed E-state index contributed by atoms with van der Waals surface area (Å²) < 4.78 is 2.18. The summed E-state index contributed by atoms with van der Waals surface area (Å²) in [6.07, 6.45) is 4.93. The molecular formula is C17H16BrClN4. The molecule has 4 rings (SSSR count). The summed E-state index contributed by atoms with van der Waals surface area (Å²) in [4.78, 5) is 5.29. The molecule has 2 aromatic rings. The van der Waals surface area contributed by atoms with Crippen LogP contribution in [-0.2, 0) is 6.42 Å². The minimum absolute atomic E-state index is 0.182. The van der Waals surface area contributed by atoms with Gasteiger partial charge < -0.3 is 0 Å². The maximum absolute atomic E-state index is 6.31. The molecule has 0 N–H and O–H groups in total. The number of rotatable bonds is 2. The first-order valence-electron chi connectivity index (χ1n) is 7.70. The average molecular weight is 392 g/mol. The minimum atomic E-state index is 0.182. The normalized spacial score (nSPS) is 22.9. The third kappa shape index (κ3) is 2.66. The van der Waals surface area contributed by atoms with Crippen molar-refractivity contribution < 1.29 is 0 Å². The SMILES string of the molecule is CC1=NC2CC(Br)CC=C2n2c(Cc3ccccc3Cl)nnc21. The van der Waals surface area contributed by atoms with Crippen molar-refractivity contribution in [2.24, 2.45) is 4.99 Å². The highest BCUT2D eigenvalue weighted by Gasteiger charge is 2.31. The van der Waals surface area contributed by atoms with Gasteiger partial charge in [0.1, 0.15) is 5.82 Å². The van der Waals surface area contributed by atoms with Crippen molar-refractivity contribution in [1.82, 2.24) is 14.8 Å². The number of hydrogen-bond donors (Lipinski definition) is 0. The van der Waals surface area contributed by atoms with Crippen LogP contribution in [0.25, 0.3) is 5.70 Å². The maximum atomic E-state index is 6.31. The molecule has 2 atom stereocenters. The van der Waals surface area contributed by atoms with Gasteiger partial charge in [-0.2, -0.15) is 0 Å². The Labute approximate surface area is 148 Å². The lowest BCUT2D eigenvalue weighted by Gasteiger charge is -2.30. The molecule has 1 aromatic carbocycles. The van der Waals surface area contributed by atoms with Crippen molar-refractivity contribution in [2.75, 3.05) is 0 Å². The van der Waals surface area contributed by atoms with Gasteiger partial charge in [-0.1, -0.05) is 51.8 Å². The molecule has 118 valence electrons. The van der Waals surface area contributed by atoms with E-state index in [9.17, 15) is 0 Å². The van der Waals surface area contributed by atoms with Gasteiger partial charge >= 0.3 is 0 Å². The number of allylic oxidation sites excluding steroid dienone is 1. The van der Waals surface area contributed by atoms with E-state index in [1.165, 1.54) is 5.70 Å². The summed E-state index contributed by atoms with van der Waals surface area (Å²) >= 11 is 10.0. The number of halogens is 2. The van der Waals surface area contributed by atoms with Crippen molar-refractivity contribution in [3.05, 3.63) is 52.6 Å². The third-order valence-corrected chi connectivity index (χ3v) is 5.49. The van der Waals surface area contributed by atoms with Gasteiger partial charge in [0.25, 0.3) is 0 Å². The van der Waals surface area contributed by atoms with Crippen LogP contribution < -0.4 is 0 Å². The van der Waals surface area contributed by atoms with Crippen LogP contribution in [0, 0.1) is 0 Å². The molecule has 0 radical (unpaired) electrons. The van der Waals surface area contributed by atoms with Crippen LogP contribution in [-0.4, -0.2) is 31.3 Å². The Kier molecular flexibility index (Phi) is 3.85. The fraction of sp³-hybridized carbons (Fsp3) is 0.353. The second kappa shape index (κ2) is 5.87. The largest absolute Gasteiger partial charge is 0.280 e. The minimum Gasteiger partial charge on any atom is -0.280 e. The monoisotopic (exact) mass is 390 g/mol. The van der Waals surface area contributed by atoms with Gasteiger partial charge in [0.05, 0.1) is 11.8 Å². The Bertz CT molecular complexity index is 824. The lowest BCUT2D eigenvalue weighted by molar-refractivity contribution is 0.641. The topological polar surface area (TPSA) is 43.1 Å². The fourth-order valence-electron chi connectivity index (χ4n) is 3.24. The molecular weight excluding hydrogens is 376 g/mol. The Morgan fingerprint density at radius 1 is 1.30 bits per heavy atom. The van der Waals surface area contributed by atoms with Gasteiger partial charge in [0.15, 0.2) is 5.82 Å². The van der Waals surface area contributed by atoms with E-state index >= 15 is 0 Å². The van der Waals surface area contributed by atoms with Gasteiger partial charge in [-0.25, -0.2) is 0 Å². The van der Waals surface area contributed by atoms with Gasteiger partial charge in [-0.3, -0.25) is 9.56 Å². The first-order chi connectivity index (χ1) is 11.1. The molecule has 6 heteroatoms. The van der Waals surface area contributed by atoms with E-state index in [1.54, 1.807) is 0 Å². The number of fused-ring (bicyclic) bond motifs is 3. The number of nitrogens with zero attached hydrogens (tertiary/aromatic N) is 4. The molecule has 1 aliphatic carbocycles. The van der Waals surface area contributed by atoms with E-state index < -0.39 is 0 Å². The standard InChI is InChI=1S/C17H16BrClN4/c1-10-17-22-21-16(8-11-4-2-3-5-13(11)19)23(17)15-7-6-12(18)9-14(15)20-10/h2-5,7,12,14H,6,8-9H2,1H3. The van der Waals surface area contributed by atoms with Crippen LogP contribution >= 0.6 is 27.5 Å². The smallest absolute Gasteiger partial charge is 0.182 e. The Hall–Kier alpha value is -1.46. The van der Waals surface area contributed by atoms with Crippen LogP contribution in [0.15, 0.2) is 35.3 Å². The molecule has 0 fully saturated rings. The van der Waals surface area contributed by atoms with Crippen molar-refractivity contribution in [3.63, 3.8) is 0 Å². The molecule has 0 saturated carbocycles. The van der Waals surface area contributed by atoms with Crippen LogP contribution in [0.5, 0.6) is 0 Å². The average Bonchev–Trinajstić information content (AvgIpc) is 2.94. The lowest BCUT2D eigenvalue weighted by Crippen LogP contribution is -2.30. The van der Waals surface area contributed by atoms with Gasteiger partial charge in [0, 0.05) is 22.0 Å². The third-order valence-electron chi connectivity index (χ3n) is 4.37. The molecule has 1 aromatic heterocycles. The number of alkyl halides is 1. The number of benzene rings is 1. The highest BCUT2D eigenvalue weighted by Crippen LogP contribution is 2.34. The molecule has 0 amide bonds. The summed E-state index contributed by atoms with van der Waals surface area (Å²) in [6, 6.07) is 8.07. The van der Waals surface area contributed by atoms with Gasteiger partial charge in [-0.15, -0.1) is 10.2 Å². The van der Waals surface area contributed by atoms with Crippen molar-refractivity contribution in [3.8, 4) is 0 Å². The fourth-order valence-corrected chi connectivity index (χ4v) is 3.99. The van der Waals surface area contributed by atoms with Crippen molar-refractivity contribution >= 4 is 38.9 Å². The van der Waals surface area contributed by atoms with Crippen LogP contribution in [0.3, 0.4) is 0 Å². The van der Waals surface area contributed by atoms with Gasteiger partial charge in [-0.05, 0) is 31.4 Å². The Balaban J connectivity index is 1.78. The van der Waals surface area contributed by atoms with Crippen LogP contribution in [0.1, 0.15) is 37.0 Å².